The van der Waals surface area contributed by atoms with Gasteiger partial charge in [0.25, 0.3) is 0 Å². The Morgan fingerprint density at radius 1 is 1.31 bits per heavy atom. The normalized spacial score (nSPS) is 10.5. The van der Waals surface area contributed by atoms with E-state index in [0.717, 1.165) is 25.4 Å². The smallest absolute Gasteiger partial charge is 0.137 e. The number of ether oxygens (including phenoxy) is 1. The van der Waals surface area contributed by atoms with Gasteiger partial charge in [-0.25, -0.2) is 0 Å². The third-order valence-corrected chi connectivity index (χ3v) is 2.77. The maximum absolute atomic E-state index is 6.08. The van der Waals surface area contributed by atoms with Crippen molar-refractivity contribution in [2.75, 3.05) is 27.2 Å². The van der Waals surface area contributed by atoms with E-state index in [4.69, 9.17) is 16.3 Å². The summed E-state index contributed by atoms with van der Waals surface area (Å²) in [5, 5.41) is 7.10. The van der Waals surface area contributed by atoms with Crippen molar-refractivity contribution < 1.29 is 4.74 Å². The van der Waals surface area contributed by atoms with E-state index in [2.05, 4.69) is 17.6 Å². The Kier molecular flexibility index (Phi) is 5.60. The molecular weight excluding hydrogens is 224 g/mol. The van der Waals surface area contributed by atoms with Gasteiger partial charge in [0, 0.05) is 19.6 Å². The van der Waals surface area contributed by atoms with Crippen molar-refractivity contribution in [3.05, 3.63) is 28.3 Å². The van der Waals surface area contributed by atoms with Crippen molar-refractivity contribution in [3.63, 3.8) is 0 Å². The lowest BCUT2D eigenvalue weighted by molar-refractivity contribution is 0.414. The highest BCUT2D eigenvalue weighted by Crippen LogP contribution is 2.27. The molecule has 0 spiro atoms. The highest BCUT2D eigenvalue weighted by molar-refractivity contribution is 6.32. The topological polar surface area (TPSA) is 33.3 Å². The van der Waals surface area contributed by atoms with E-state index < -0.39 is 0 Å². The van der Waals surface area contributed by atoms with Crippen LogP contribution in [-0.4, -0.2) is 27.2 Å². The number of likely N-dealkylation sites (N-methyl/N-ethyl adjacent to an activating group) is 1. The number of rotatable bonds is 6. The van der Waals surface area contributed by atoms with Crippen molar-refractivity contribution in [3.8, 4) is 5.75 Å². The van der Waals surface area contributed by atoms with Gasteiger partial charge >= 0.3 is 0 Å². The fraction of sp³-hybridized carbons (Fsp3) is 0.500. The number of aryl methyl sites for hydroxylation is 1. The van der Waals surface area contributed by atoms with Crippen LogP contribution in [-0.2, 0) is 6.54 Å². The van der Waals surface area contributed by atoms with Crippen molar-refractivity contribution in [1.82, 2.24) is 10.6 Å². The van der Waals surface area contributed by atoms with Gasteiger partial charge in [0.1, 0.15) is 5.75 Å². The van der Waals surface area contributed by atoms with E-state index in [9.17, 15) is 0 Å². The van der Waals surface area contributed by atoms with Gasteiger partial charge in [-0.1, -0.05) is 11.6 Å². The minimum absolute atomic E-state index is 0.665. The predicted molar refractivity (Wildman–Crippen MR) is 68.4 cm³/mol. The van der Waals surface area contributed by atoms with Crippen LogP contribution in [0.2, 0.25) is 5.02 Å². The van der Waals surface area contributed by atoms with Gasteiger partial charge in [-0.2, -0.15) is 0 Å². The molecule has 1 aromatic carbocycles. The van der Waals surface area contributed by atoms with E-state index in [1.165, 1.54) is 11.1 Å². The summed E-state index contributed by atoms with van der Waals surface area (Å²) in [6, 6.07) is 3.93. The van der Waals surface area contributed by atoms with Crippen LogP contribution in [0.1, 0.15) is 11.1 Å². The molecular formula is C12H19ClN2O. The first-order chi connectivity index (χ1) is 7.69. The molecule has 0 bridgehead atoms. The second-order valence-electron chi connectivity index (χ2n) is 3.69. The molecule has 0 saturated carbocycles. The number of hydrogen-bond acceptors (Lipinski definition) is 3. The molecule has 0 heterocycles. The molecule has 0 aliphatic rings. The molecule has 0 amide bonds. The van der Waals surface area contributed by atoms with Gasteiger partial charge in [-0.05, 0) is 37.2 Å². The molecule has 0 fully saturated rings. The van der Waals surface area contributed by atoms with Crippen molar-refractivity contribution in [1.29, 1.82) is 0 Å². The summed E-state index contributed by atoms with van der Waals surface area (Å²) in [7, 11) is 3.57. The van der Waals surface area contributed by atoms with Crippen LogP contribution in [0.4, 0.5) is 0 Å². The summed E-state index contributed by atoms with van der Waals surface area (Å²) < 4.78 is 5.16. The Bertz CT molecular complexity index is 342. The van der Waals surface area contributed by atoms with Crippen molar-refractivity contribution >= 4 is 11.6 Å². The summed E-state index contributed by atoms with van der Waals surface area (Å²) in [4.78, 5) is 0. The first kappa shape index (κ1) is 13.3. The minimum atomic E-state index is 0.665. The number of nitrogens with one attached hydrogen (secondary N) is 2. The predicted octanol–water partition coefficient (Wildman–Crippen LogP) is 1.97. The third kappa shape index (κ3) is 3.67. The fourth-order valence-electron chi connectivity index (χ4n) is 1.48. The maximum Gasteiger partial charge on any atom is 0.137 e. The molecule has 0 radical (unpaired) electrons. The van der Waals surface area contributed by atoms with Crippen LogP contribution in [0.25, 0.3) is 0 Å². The maximum atomic E-state index is 6.08. The summed E-state index contributed by atoms with van der Waals surface area (Å²) in [6.07, 6.45) is 0. The van der Waals surface area contributed by atoms with Crippen LogP contribution in [0, 0.1) is 6.92 Å². The zero-order valence-corrected chi connectivity index (χ0v) is 10.8. The molecule has 0 aliphatic carbocycles. The van der Waals surface area contributed by atoms with Crippen LogP contribution < -0.4 is 15.4 Å². The van der Waals surface area contributed by atoms with Gasteiger partial charge < -0.3 is 15.4 Å². The van der Waals surface area contributed by atoms with E-state index >= 15 is 0 Å². The average molecular weight is 243 g/mol. The quantitative estimate of drug-likeness (QED) is 0.749. The largest absolute Gasteiger partial charge is 0.495 e. The minimum Gasteiger partial charge on any atom is -0.495 e. The molecule has 0 saturated heterocycles. The van der Waals surface area contributed by atoms with Crippen LogP contribution >= 0.6 is 11.6 Å². The lowest BCUT2D eigenvalue weighted by Crippen LogP contribution is -2.24. The van der Waals surface area contributed by atoms with Gasteiger partial charge in [0.15, 0.2) is 0 Å². The van der Waals surface area contributed by atoms with Crippen LogP contribution in [0.15, 0.2) is 12.1 Å². The molecule has 2 N–H and O–H groups in total. The lowest BCUT2D eigenvalue weighted by atomic mass is 10.1. The Morgan fingerprint density at radius 3 is 2.69 bits per heavy atom. The highest BCUT2D eigenvalue weighted by Gasteiger charge is 2.05. The van der Waals surface area contributed by atoms with Gasteiger partial charge in [-0.15, -0.1) is 0 Å². The number of hydrogen-bond donors (Lipinski definition) is 2. The van der Waals surface area contributed by atoms with Gasteiger partial charge in [-0.3, -0.25) is 0 Å². The third-order valence-electron chi connectivity index (χ3n) is 2.48. The van der Waals surface area contributed by atoms with E-state index in [0.29, 0.717) is 5.02 Å². The zero-order valence-electron chi connectivity index (χ0n) is 10.1. The number of benzene rings is 1. The standard InChI is InChI=1S/C12H19ClN2O/c1-9-6-12(16-3)11(13)7-10(9)8-15-5-4-14-2/h6-7,14-15H,4-5,8H2,1-3H3. The molecule has 1 aromatic rings. The van der Waals surface area contributed by atoms with Crippen molar-refractivity contribution in [2.24, 2.45) is 0 Å². The molecule has 1 rings (SSSR count). The Hall–Kier alpha value is -0.770. The molecule has 90 valence electrons. The Balaban J connectivity index is 2.63. The molecule has 3 nitrogen and oxygen atoms in total. The van der Waals surface area contributed by atoms with E-state index in [1.807, 2.05) is 19.2 Å². The monoisotopic (exact) mass is 242 g/mol. The molecule has 0 atom stereocenters. The van der Waals surface area contributed by atoms with E-state index in [1.54, 1.807) is 7.11 Å². The second kappa shape index (κ2) is 6.74. The van der Waals surface area contributed by atoms with Crippen LogP contribution in [0.3, 0.4) is 0 Å². The SMILES string of the molecule is CNCCNCc1cc(Cl)c(OC)cc1C. The zero-order chi connectivity index (χ0) is 12.0. The summed E-state index contributed by atoms with van der Waals surface area (Å²) in [5.74, 6) is 0.734. The fourth-order valence-corrected chi connectivity index (χ4v) is 1.74. The summed E-state index contributed by atoms with van der Waals surface area (Å²) in [6.45, 7) is 4.80. The molecule has 0 aromatic heterocycles. The van der Waals surface area contributed by atoms with E-state index in [-0.39, 0.29) is 0 Å². The number of halogens is 1. The molecule has 4 heteroatoms. The van der Waals surface area contributed by atoms with Crippen molar-refractivity contribution in [2.45, 2.75) is 13.5 Å². The average Bonchev–Trinajstić information content (AvgIpc) is 2.28. The van der Waals surface area contributed by atoms with Crippen LogP contribution in [0.5, 0.6) is 5.75 Å². The van der Waals surface area contributed by atoms with Gasteiger partial charge in [0.2, 0.25) is 0 Å². The summed E-state index contributed by atoms with van der Waals surface area (Å²) >= 11 is 6.08. The second-order valence-corrected chi connectivity index (χ2v) is 4.10. The van der Waals surface area contributed by atoms with Gasteiger partial charge in [0.05, 0.1) is 12.1 Å². The lowest BCUT2D eigenvalue weighted by Gasteiger charge is -2.11. The molecule has 0 unspecified atom stereocenters. The molecule has 0 aliphatic heterocycles. The Labute approximate surface area is 102 Å². The first-order valence-corrected chi connectivity index (χ1v) is 5.75. The summed E-state index contributed by atoms with van der Waals surface area (Å²) in [5.41, 5.74) is 2.40. The Morgan fingerprint density at radius 2 is 2.06 bits per heavy atom. The number of methoxy groups -OCH3 is 1. The first-order valence-electron chi connectivity index (χ1n) is 5.37. The highest BCUT2D eigenvalue weighted by atomic mass is 35.5. The molecule has 16 heavy (non-hydrogen) atoms.